The molecule has 1 atom stereocenters. The monoisotopic (exact) mass is 727 g/mol. The van der Waals surface area contributed by atoms with Crippen LogP contribution in [0.2, 0.25) is 0 Å². The van der Waals surface area contributed by atoms with Crippen LogP contribution in [0.25, 0.3) is 11.1 Å². The Morgan fingerprint density at radius 3 is 1.98 bits per heavy atom. The Morgan fingerprint density at radius 1 is 0.736 bits per heavy atom. The first-order valence-corrected chi connectivity index (χ1v) is 19.6. The Balaban J connectivity index is 0.000000373. The Hall–Kier alpha value is -4.72. The number of nitrogens with zero attached hydrogens (tertiary/aromatic N) is 1. The molecule has 0 saturated heterocycles. The largest absolute Gasteiger partial charge is 0.484 e. The van der Waals surface area contributed by atoms with E-state index in [-0.39, 0.29) is 28.2 Å². The third-order valence-electron chi connectivity index (χ3n) is 8.72. The summed E-state index contributed by atoms with van der Waals surface area (Å²) >= 11 is 0. The molecule has 0 spiro atoms. The van der Waals surface area contributed by atoms with Gasteiger partial charge in [-0.25, -0.2) is 4.79 Å². The van der Waals surface area contributed by atoms with E-state index in [4.69, 9.17) is 14.6 Å². The summed E-state index contributed by atoms with van der Waals surface area (Å²) in [6, 6.07) is 20.7. The lowest BCUT2D eigenvalue weighted by Crippen LogP contribution is -2.12. The summed E-state index contributed by atoms with van der Waals surface area (Å²) in [6.45, 7) is 6.38. The van der Waals surface area contributed by atoms with Crippen LogP contribution in [-0.4, -0.2) is 28.1 Å². The van der Waals surface area contributed by atoms with Gasteiger partial charge in [-0.05, 0) is 99.7 Å². The van der Waals surface area contributed by atoms with Gasteiger partial charge in [-0.15, -0.1) is 0 Å². The summed E-state index contributed by atoms with van der Waals surface area (Å²) in [5, 5.41) is 20.3. The fraction of sp³-hybridized carbons (Fsp3) is 0.467. The molecule has 0 amide bonds. The predicted octanol–water partition coefficient (Wildman–Crippen LogP) is 13.1. The van der Waals surface area contributed by atoms with E-state index in [1.165, 1.54) is 82.1 Å². The molecule has 0 saturated carbocycles. The molecular weight excluding hydrogens is 666 g/mol. The number of esters is 1. The summed E-state index contributed by atoms with van der Waals surface area (Å²) in [6.07, 6.45) is 27.6. The van der Waals surface area contributed by atoms with E-state index in [9.17, 15) is 19.7 Å². The highest BCUT2D eigenvalue weighted by Crippen LogP contribution is 2.33. The quantitative estimate of drug-likeness (QED) is 0.0231. The zero-order chi connectivity index (χ0) is 38.5. The van der Waals surface area contributed by atoms with Crippen molar-refractivity contribution in [1.29, 1.82) is 0 Å². The van der Waals surface area contributed by atoms with Crippen LogP contribution in [0.5, 0.6) is 11.5 Å². The van der Waals surface area contributed by atoms with Gasteiger partial charge in [-0.2, -0.15) is 0 Å². The van der Waals surface area contributed by atoms with Gasteiger partial charge in [-0.3, -0.25) is 14.9 Å². The molecule has 8 heteroatoms. The first kappa shape index (κ1) is 44.4. The molecule has 3 aromatic carbocycles. The van der Waals surface area contributed by atoms with Gasteiger partial charge >= 0.3 is 17.6 Å². The zero-order valence-corrected chi connectivity index (χ0v) is 32.2. The number of carboxylic acids is 1. The van der Waals surface area contributed by atoms with Crippen molar-refractivity contribution in [2.24, 2.45) is 0 Å². The van der Waals surface area contributed by atoms with Gasteiger partial charge < -0.3 is 14.6 Å². The third kappa shape index (κ3) is 20.2. The van der Waals surface area contributed by atoms with Crippen molar-refractivity contribution in [3.05, 3.63) is 113 Å². The van der Waals surface area contributed by atoms with E-state index < -0.39 is 5.97 Å². The minimum Gasteiger partial charge on any atom is -0.484 e. The summed E-state index contributed by atoms with van der Waals surface area (Å²) in [5.41, 5.74) is 1.99. The number of aromatic carboxylic acids is 1. The molecule has 0 radical (unpaired) electrons. The second kappa shape index (κ2) is 27.9. The smallest absolute Gasteiger partial charge is 0.335 e. The number of unbranched alkanes of at least 4 members (excludes halogenated alkanes) is 11. The first-order chi connectivity index (χ1) is 25.7. The van der Waals surface area contributed by atoms with Crippen LogP contribution in [0.15, 0.2) is 97.1 Å². The maximum Gasteiger partial charge on any atom is 0.335 e. The van der Waals surface area contributed by atoms with E-state index in [0.717, 1.165) is 56.1 Å². The number of nitro benzene ring substituents is 1. The van der Waals surface area contributed by atoms with Crippen LogP contribution in [0.4, 0.5) is 5.69 Å². The van der Waals surface area contributed by atoms with Gasteiger partial charge in [0.1, 0.15) is 5.75 Å². The highest BCUT2D eigenvalue weighted by Gasteiger charge is 2.18. The molecule has 0 aromatic heterocycles. The van der Waals surface area contributed by atoms with Crippen LogP contribution >= 0.6 is 0 Å². The van der Waals surface area contributed by atoms with Gasteiger partial charge in [-0.1, -0.05) is 126 Å². The number of carbonyl (C=O) groups is 2. The lowest BCUT2D eigenvalue weighted by molar-refractivity contribution is -0.386. The van der Waals surface area contributed by atoms with Crippen molar-refractivity contribution in [3.63, 3.8) is 0 Å². The molecule has 53 heavy (non-hydrogen) atoms. The van der Waals surface area contributed by atoms with Crippen LogP contribution < -0.4 is 9.47 Å². The summed E-state index contributed by atoms with van der Waals surface area (Å²) in [4.78, 5) is 33.6. The number of rotatable bonds is 25. The van der Waals surface area contributed by atoms with Crippen LogP contribution in [0, 0.1) is 10.1 Å². The molecule has 0 heterocycles. The zero-order valence-electron chi connectivity index (χ0n) is 32.2. The first-order valence-electron chi connectivity index (χ1n) is 19.6. The van der Waals surface area contributed by atoms with Crippen molar-refractivity contribution < 1.29 is 29.1 Å². The van der Waals surface area contributed by atoms with Gasteiger partial charge in [0.2, 0.25) is 0 Å². The molecule has 0 unspecified atom stereocenters. The molecular formula is C45H61NO7. The number of benzene rings is 3. The average molecular weight is 728 g/mol. The standard InChI is InChI=1S/C25H36O4.C20H25NO3/c1-2-3-4-5-6-7-8-9-10-11-12-13-14-15-16-17-24(26)29-23-20-18-22(19-21-23)25(27)28;1-3-4-5-7-10-16(2)24-20-14-13-18(15-19(20)21(22)23)17-11-8-6-9-12-17/h6-7,9-10,18-21H,2-5,8,11-17H2,1H3,(H,27,28);6,8-9,11-16H,3-5,7,10H2,1-2H3/b7-6+,10-9+;/t;16-/m.0/s1. The van der Waals surface area contributed by atoms with Crippen molar-refractivity contribution in [1.82, 2.24) is 0 Å². The minimum atomic E-state index is -0.993. The van der Waals surface area contributed by atoms with E-state index in [1.807, 2.05) is 43.3 Å². The number of hydrogen-bond donors (Lipinski definition) is 1. The molecule has 0 aliphatic heterocycles. The lowest BCUT2D eigenvalue weighted by Gasteiger charge is -2.15. The second-order valence-corrected chi connectivity index (χ2v) is 13.4. The Morgan fingerprint density at radius 2 is 1.34 bits per heavy atom. The van der Waals surface area contributed by atoms with Gasteiger partial charge in [0.15, 0.2) is 5.75 Å². The average Bonchev–Trinajstić information content (AvgIpc) is 3.16. The van der Waals surface area contributed by atoms with E-state index >= 15 is 0 Å². The fourth-order valence-corrected chi connectivity index (χ4v) is 5.63. The van der Waals surface area contributed by atoms with E-state index in [1.54, 1.807) is 12.1 Å². The summed E-state index contributed by atoms with van der Waals surface area (Å²) < 4.78 is 11.1. The molecule has 0 aliphatic rings. The topological polar surface area (TPSA) is 116 Å². The number of hydrogen-bond acceptors (Lipinski definition) is 6. The van der Waals surface area contributed by atoms with Crippen LogP contribution in [0.1, 0.15) is 140 Å². The summed E-state index contributed by atoms with van der Waals surface area (Å²) in [5.74, 6) is -0.517. The van der Waals surface area contributed by atoms with Crippen molar-refractivity contribution in [2.45, 2.75) is 136 Å². The fourth-order valence-electron chi connectivity index (χ4n) is 5.63. The molecule has 0 bridgehead atoms. The minimum absolute atomic E-state index is 0.0248. The Bertz CT molecular complexity index is 1520. The molecule has 288 valence electrons. The predicted molar refractivity (Wildman–Crippen MR) is 216 cm³/mol. The van der Waals surface area contributed by atoms with Crippen molar-refractivity contribution >= 4 is 17.6 Å². The number of carboxylic acid groups (broad SMARTS) is 1. The number of ether oxygens (including phenoxy) is 2. The second-order valence-electron chi connectivity index (χ2n) is 13.4. The number of allylic oxidation sites excluding steroid dienone is 4. The number of nitro groups is 1. The van der Waals surface area contributed by atoms with E-state index in [0.29, 0.717) is 17.9 Å². The highest BCUT2D eigenvalue weighted by molar-refractivity contribution is 5.87. The maximum atomic E-state index is 11.8. The van der Waals surface area contributed by atoms with Gasteiger partial charge in [0.05, 0.1) is 16.6 Å². The SMILES string of the molecule is CCCCC/C=C/C/C=C/CCCCCCCC(=O)Oc1ccc(C(=O)O)cc1.CCCCCC[C@H](C)Oc1ccc(-c2ccccc2)cc1[N+](=O)[O-]. The molecule has 8 nitrogen and oxygen atoms in total. The van der Waals surface area contributed by atoms with Crippen molar-refractivity contribution in [3.8, 4) is 22.6 Å². The molecule has 1 N–H and O–H groups in total. The highest BCUT2D eigenvalue weighted by atomic mass is 16.6. The Kier molecular flexibility index (Phi) is 23.4. The molecule has 0 aliphatic carbocycles. The normalized spacial score (nSPS) is 11.6. The third-order valence-corrected chi connectivity index (χ3v) is 8.72. The van der Waals surface area contributed by atoms with Gasteiger partial charge in [0, 0.05) is 12.5 Å². The molecule has 0 fully saturated rings. The molecule has 3 rings (SSSR count). The van der Waals surface area contributed by atoms with Crippen molar-refractivity contribution in [2.75, 3.05) is 0 Å². The molecule has 3 aromatic rings. The summed E-state index contributed by atoms with van der Waals surface area (Å²) in [7, 11) is 0. The van der Waals surface area contributed by atoms with Gasteiger partial charge in [0.25, 0.3) is 0 Å². The lowest BCUT2D eigenvalue weighted by atomic mass is 10.0. The van der Waals surface area contributed by atoms with Crippen LogP contribution in [-0.2, 0) is 4.79 Å². The van der Waals surface area contributed by atoms with Crippen LogP contribution in [0.3, 0.4) is 0 Å². The van der Waals surface area contributed by atoms with E-state index in [2.05, 4.69) is 38.2 Å². The maximum absolute atomic E-state index is 11.8. The number of carbonyl (C=O) groups excluding carboxylic acids is 1. The Labute approximate surface area is 317 Å².